The zero-order valence-corrected chi connectivity index (χ0v) is 10.0. The third kappa shape index (κ3) is 2.58. The third-order valence-electron chi connectivity index (χ3n) is 2.69. The van der Waals surface area contributed by atoms with Crippen LogP contribution in [-0.2, 0) is 12.8 Å². The molecule has 4 heteroatoms. The molecule has 0 aliphatic carbocycles. The highest BCUT2D eigenvalue weighted by atomic mass is 16.1. The number of hydrogen-bond donors (Lipinski definition) is 1. The lowest BCUT2D eigenvalue weighted by molar-refractivity contribution is 0.864. The molecule has 0 saturated carbocycles. The lowest BCUT2D eigenvalue weighted by Crippen LogP contribution is -2.19. The summed E-state index contributed by atoms with van der Waals surface area (Å²) in [4.78, 5) is 23.3. The van der Waals surface area contributed by atoms with Gasteiger partial charge >= 0.3 is 0 Å². The van der Waals surface area contributed by atoms with E-state index in [0.717, 1.165) is 23.6 Å². The van der Waals surface area contributed by atoms with Crippen LogP contribution in [-0.4, -0.2) is 15.0 Å². The molecule has 88 valence electrons. The molecule has 2 heterocycles. The minimum absolute atomic E-state index is 0.0556. The number of nitrogens with zero attached hydrogens (tertiary/aromatic N) is 2. The molecule has 0 amide bonds. The lowest BCUT2D eigenvalue weighted by atomic mass is 10.1. The summed E-state index contributed by atoms with van der Waals surface area (Å²) in [7, 11) is 0. The van der Waals surface area contributed by atoms with Gasteiger partial charge in [-0.25, -0.2) is 4.98 Å². The van der Waals surface area contributed by atoms with Crippen molar-refractivity contribution in [3.05, 3.63) is 57.5 Å². The SMILES string of the molecule is CCc1nc(C)c(Cc2ccccn2)c(=O)[nH]1. The largest absolute Gasteiger partial charge is 0.310 e. The zero-order valence-electron chi connectivity index (χ0n) is 10.0. The standard InChI is InChI=1S/C13H15N3O/c1-3-12-15-9(2)11(13(17)16-12)8-10-6-4-5-7-14-10/h4-7H,3,8H2,1-2H3,(H,15,16,17). The fraction of sp³-hybridized carbons (Fsp3) is 0.308. The van der Waals surface area contributed by atoms with Gasteiger partial charge in [-0.2, -0.15) is 0 Å². The molecule has 0 radical (unpaired) electrons. The first-order valence-corrected chi connectivity index (χ1v) is 5.69. The molecule has 2 rings (SSSR count). The highest BCUT2D eigenvalue weighted by Crippen LogP contribution is 2.06. The molecule has 0 fully saturated rings. The van der Waals surface area contributed by atoms with Gasteiger partial charge in [0.15, 0.2) is 0 Å². The second-order valence-corrected chi connectivity index (χ2v) is 3.93. The fourth-order valence-electron chi connectivity index (χ4n) is 1.73. The normalized spacial score (nSPS) is 10.5. The van der Waals surface area contributed by atoms with Crippen LogP contribution in [0.3, 0.4) is 0 Å². The first-order valence-electron chi connectivity index (χ1n) is 5.69. The molecule has 0 aliphatic heterocycles. The van der Waals surface area contributed by atoms with E-state index in [0.29, 0.717) is 12.0 Å². The van der Waals surface area contributed by atoms with Crippen molar-refractivity contribution in [2.75, 3.05) is 0 Å². The number of aromatic amines is 1. The highest BCUT2D eigenvalue weighted by molar-refractivity contribution is 5.23. The van der Waals surface area contributed by atoms with Crippen LogP contribution in [0.15, 0.2) is 29.2 Å². The summed E-state index contributed by atoms with van der Waals surface area (Å²) >= 11 is 0. The molecule has 2 aromatic rings. The van der Waals surface area contributed by atoms with E-state index >= 15 is 0 Å². The molecule has 0 spiro atoms. The average molecular weight is 229 g/mol. The first-order chi connectivity index (χ1) is 8.20. The maximum atomic E-state index is 11.9. The Bertz CT molecular complexity index is 561. The average Bonchev–Trinajstić information content (AvgIpc) is 2.35. The van der Waals surface area contributed by atoms with Gasteiger partial charge < -0.3 is 4.98 Å². The van der Waals surface area contributed by atoms with Gasteiger partial charge in [0.1, 0.15) is 5.82 Å². The molecule has 4 nitrogen and oxygen atoms in total. The number of H-pyrrole nitrogens is 1. The van der Waals surface area contributed by atoms with Gasteiger partial charge in [-0.3, -0.25) is 9.78 Å². The topological polar surface area (TPSA) is 58.6 Å². The van der Waals surface area contributed by atoms with E-state index in [1.807, 2.05) is 32.0 Å². The van der Waals surface area contributed by atoms with Crippen LogP contribution in [0.1, 0.15) is 29.7 Å². The molecule has 0 unspecified atom stereocenters. The number of rotatable bonds is 3. The van der Waals surface area contributed by atoms with Crippen LogP contribution in [0.25, 0.3) is 0 Å². The molecule has 0 aliphatic rings. The van der Waals surface area contributed by atoms with Gasteiger partial charge in [0.05, 0.1) is 0 Å². The molecule has 0 saturated heterocycles. The number of aryl methyl sites for hydroxylation is 2. The van der Waals surface area contributed by atoms with Gasteiger partial charge in [-0.1, -0.05) is 13.0 Å². The highest BCUT2D eigenvalue weighted by Gasteiger charge is 2.08. The van der Waals surface area contributed by atoms with Crippen LogP contribution in [0.2, 0.25) is 0 Å². The fourth-order valence-corrected chi connectivity index (χ4v) is 1.73. The predicted molar refractivity (Wildman–Crippen MR) is 66.0 cm³/mol. The van der Waals surface area contributed by atoms with Gasteiger partial charge in [0, 0.05) is 36.0 Å². The van der Waals surface area contributed by atoms with Crippen LogP contribution in [0.4, 0.5) is 0 Å². The smallest absolute Gasteiger partial charge is 0.254 e. The number of aromatic nitrogens is 3. The Hall–Kier alpha value is -1.97. The van der Waals surface area contributed by atoms with Gasteiger partial charge in [-0.15, -0.1) is 0 Å². The van der Waals surface area contributed by atoms with Crippen molar-refractivity contribution >= 4 is 0 Å². The Morgan fingerprint density at radius 1 is 1.35 bits per heavy atom. The molecule has 1 N–H and O–H groups in total. The monoisotopic (exact) mass is 229 g/mol. The second kappa shape index (κ2) is 4.91. The summed E-state index contributed by atoms with van der Waals surface area (Å²) in [5.41, 5.74) is 2.31. The van der Waals surface area contributed by atoms with Gasteiger partial charge in [0.25, 0.3) is 5.56 Å². The summed E-state index contributed by atoms with van der Waals surface area (Å²) < 4.78 is 0. The Morgan fingerprint density at radius 3 is 2.76 bits per heavy atom. The quantitative estimate of drug-likeness (QED) is 0.870. The molecule has 0 aromatic carbocycles. The summed E-state index contributed by atoms with van der Waals surface area (Å²) in [6.45, 7) is 3.84. The summed E-state index contributed by atoms with van der Waals surface area (Å²) in [6, 6.07) is 5.69. The second-order valence-electron chi connectivity index (χ2n) is 3.93. The molecule has 2 aromatic heterocycles. The van der Waals surface area contributed by atoms with E-state index in [-0.39, 0.29) is 5.56 Å². The summed E-state index contributed by atoms with van der Waals surface area (Å²) in [6.07, 6.45) is 2.99. The number of nitrogens with one attached hydrogen (secondary N) is 1. The van der Waals surface area contributed by atoms with E-state index in [4.69, 9.17) is 0 Å². The van der Waals surface area contributed by atoms with Crippen molar-refractivity contribution in [3.63, 3.8) is 0 Å². The van der Waals surface area contributed by atoms with Crippen molar-refractivity contribution in [2.45, 2.75) is 26.7 Å². The van der Waals surface area contributed by atoms with Crippen molar-refractivity contribution < 1.29 is 0 Å². The molecule has 0 bridgehead atoms. The van der Waals surface area contributed by atoms with E-state index in [1.165, 1.54) is 0 Å². The van der Waals surface area contributed by atoms with Gasteiger partial charge in [0.2, 0.25) is 0 Å². The van der Waals surface area contributed by atoms with Crippen molar-refractivity contribution in [2.24, 2.45) is 0 Å². The maximum Gasteiger partial charge on any atom is 0.254 e. The summed E-state index contributed by atoms with van der Waals surface area (Å²) in [5, 5.41) is 0. The third-order valence-corrected chi connectivity index (χ3v) is 2.69. The zero-order chi connectivity index (χ0) is 12.3. The minimum Gasteiger partial charge on any atom is -0.310 e. The van der Waals surface area contributed by atoms with E-state index in [9.17, 15) is 4.79 Å². The first kappa shape index (κ1) is 11.5. The summed E-state index contributed by atoms with van der Waals surface area (Å²) in [5.74, 6) is 0.734. The van der Waals surface area contributed by atoms with Gasteiger partial charge in [-0.05, 0) is 19.1 Å². The Labute approximate surface area is 99.8 Å². The number of hydrogen-bond acceptors (Lipinski definition) is 3. The van der Waals surface area contributed by atoms with Crippen molar-refractivity contribution in [1.82, 2.24) is 15.0 Å². The molecule has 0 atom stereocenters. The molecule has 17 heavy (non-hydrogen) atoms. The van der Waals surface area contributed by atoms with Crippen molar-refractivity contribution in [3.8, 4) is 0 Å². The Kier molecular flexibility index (Phi) is 3.32. The van der Waals surface area contributed by atoms with Crippen LogP contribution >= 0.6 is 0 Å². The van der Waals surface area contributed by atoms with E-state index in [1.54, 1.807) is 6.20 Å². The molecular formula is C13H15N3O. The molecular weight excluding hydrogens is 214 g/mol. The number of pyridine rings is 1. The van der Waals surface area contributed by atoms with Crippen LogP contribution in [0.5, 0.6) is 0 Å². The van der Waals surface area contributed by atoms with E-state index in [2.05, 4.69) is 15.0 Å². The Balaban J connectivity index is 2.37. The minimum atomic E-state index is -0.0556. The van der Waals surface area contributed by atoms with E-state index < -0.39 is 0 Å². The lowest BCUT2D eigenvalue weighted by Gasteiger charge is -2.05. The van der Waals surface area contributed by atoms with Crippen LogP contribution < -0.4 is 5.56 Å². The Morgan fingerprint density at radius 2 is 2.18 bits per heavy atom. The predicted octanol–water partition coefficient (Wildman–Crippen LogP) is 1.63. The maximum absolute atomic E-state index is 11.9. The van der Waals surface area contributed by atoms with Crippen LogP contribution in [0, 0.1) is 6.92 Å². The van der Waals surface area contributed by atoms with Crippen molar-refractivity contribution in [1.29, 1.82) is 0 Å².